The van der Waals surface area contributed by atoms with Crippen molar-refractivity contribution in [1.29, 1.82) is 0 Å². The van der Waals surface area contributed by atoms with Gasteiger partial charge in [-0.3, -0.25) is 4.79 Å². The molecule has 2 aromatic carbocycles. The molecule has 29 heavy (non-hydrogen) atoms. The van der Waals surface area contributed by atoms with E-state index in [2.05, 4.69) is 10.1 Å². The molecule has 0 aromatic heterocycles. The lowest BCUT2D eigenvalue weighted by atomic mass is 10.2. The van der Waals surface area contributed by atoms with Gasteiger partial charge < -0.3 is 14.8 Å². The van der Waals surface area contributed by atoms with Crippen molar-refractivity contribution in [3.63, 3.8) is 0 Å². The highest BCUT2D eigenvalue weighted by Crippen LogP contribution is 2.18. The third kappa shape index (κ3) is 5.49. The number of carbonyl (C=O) groups excluding carboxylic acids is 1. The van der Waals surface area contributed by atoms with Gasteiger partial charge in [0.1, 0.15) is 5.75 Å². The van der Waals surface area contributed by atoms with E-state index in [1.54, 1.807) is 12.1 Å². The summed E-state index contributed by atoms with van der Waals surface area (Å²) in [7, 11) is -3.58. The Bertz CT molecular complexity index is 945. The average molecular weight is 426 g/mol. The standard InChI is InChI=1S/C19H20F2N2O5S/c20-19(21)28-16-3-1-2-15(12-16)18(24)22-13-14-4-6-17(7-5-14)29(25,26)23-8-10-27-11-9-23/h1-7,12,19H,8-11,13H2,(H,22,24). The second-order valence-corrected chi connectivity index (χ2v) is 8.19. The zero-order valence-electron chi connectivity index (χ0n) is 15.4. The van der Waals surface area contributed by atoms with E-state index in [0.29, 0.717) is 31.9 Å². The first-order chi connectivity index (χ1) is 13.9. The second-order valence-electron chi connectivity index (χ2n) is 6.25. The van der Waals surface area contributed by atoms with Crippen LogP contribution in [0.5, 0.6) is 5.75 Å². The molecule has 156 valence electrons. The molecule has 0 atom stereocenters. The van der Waals surface area contributed by atoms with Crippen LogP contribution in [0.15, 0.2) is 53.4 Å². The van der Waals surface area contributed by atoms with E-state index in [0.717, 1.165) is 0 Å². The lowest BCUT2D eigenvalue weighted by molar-refractivity contribution is -0.0498. The number of alkyl halides is 2. The van der Waals surface area contributed by atoms with Crippen LogP contribution in [0.3, 0.4) is 0 Å². The van der Waals surface area contributed by atoms with E-state index in [4.69, 9.17) is 4.74 Å². The van der Waals surface area contributed by atoms with Crippen LogP contribution >= 0.6 is 0 Å². The van der Waals surface area contributed by atoms with Crippen molar-refractivity contribution < 1.29 is 31.5 Å². The van der Waals surface area contributed by atoms with Crippen LogP contribution in [0.2, 0.25) is 0 Å². The molecule has 1 N–H and O–H groups in total. The third-order valence-corrected chi connectivity index (χ3v) is 6.22. The molecule has 0 radical (unpaired) electrons. The Hall–Kier alpha value is -2.56. The highest BCUT2D eigenvalue weighted by Gasteiger charge is 2.26. The first-order valence-corrected chi connectivity index (χ1v) is 10.3. The number of benzene rings is 2. The zero-order valence-corrected chi connectivity index (χ0v) is 16.2. The van der Waals surface area contributed by atoms with Crippen molar-refractivity contribution in [2.24, 2.45) is 0 Å². The van der Waals surface area contributed by atoms with Crippen molar-refractivity contribution in [2.45, 2.75) is 18.1 Å². The van der Waals surface area contributed by atoms with Crippen LogP contribution in [0.4, 0.5) is 8.78 Å². The summed E-state index contributed by atoms with van der Waals surface area (Å²) in [5.41, 5.74) is 0.869. The number of nitrogens with one attached hydrogen (secondary N) is 1. The summed E-state index contributed by atoms with van der Waals surface area (Å²) < 4.78 is 60.6. The summed E-state index contributed by atoms with van der Waals surface area (Å²) in [4.78, 5) is 12.4. The maximum atomic E-state index is 12.6. The quantitative estimate of drug-likeness (QED) is 0.734. The molecular weight excluding hydrogens is 406 g/mol. The van der Waals surface area contributed by atoms with Gasteiger partial charge in [0.15, 0.2) is 0 Å². The van der Waals surface area contributed by atoms with E-state index < -0.39 is 22.5 Å². The summed E-state index contributed by atoms with van der Waals surface area (Å²) >= 11 is 0. The van der Waals surface area contributed by atoms with Gasteiger partial charge >= 0.3 is 6.61 Å². The Kier molecular flexibility index (Phi) is 6.78. The van der Waals surface area contributed by atoms with Gasteiger partial charge in [-0.05, 0) is 35.9 Å². The smallest absolute Gasteiger partial charge is 0.387 e. The highest BCUT2D eigenvalue weighted by molar-refractivity contribution is 7.89. The largest absolute Gasteiger partial charge is 0.435 e. The van der Waals surface area contributed by atoms with Crippen LogP contribution < -0.4 is 10.1 Å². The Balaban J connectivity index is 1.61. The molecule has 10 heteroatoms. The van der Waals surface area contributed by atoms with Gasteiger partial charge in [0.05, 0.1) is 18.1 Å². The lowest BCUT2D eigenvalue weighted by Crippen LogP contribution is -2.40. The summed E-state index contributed by atoms with van der Waals surface area (Å²) in [6.07, 6.45) is 0. The maximum absolute atomic E-state index is 12.6. The number of hydrogen-bond donors (Lipinski definition) is 1. The number of halogens is 2. The molecule has 1 amide bonds. The molecule has 1 saturated heterocycles. The minimum atomic E-state index is -3.58. The normalized spacial score (nSPS) is 15.3. The number of carbonyl (C=O) groups is 1. The fourth-order valence-electron chi connectivity index (χ4n) is 2.81. The summed E-state index contributed by atoms with van der Waals surface area (Å²) in [6, 6.07) is 11.7. The van der Waals surface area contributed by atoms with Crippen molar-refractivity contribution in [3.8, 4) is 5.75 Å². The van der Waals surface area contributed by atoms with E-state index in [9.17, 15) is 22.0 Å². The number of ether oxygens (including phenoxy) is 2. The molecule has 3 rings (SSSR count). The summed E-state index contributed by atoms with van der Waals surface area (Å²) in [5, 5.41) is 2.66. The molecule has 1 aliphatic rings. The van der Waals surface area contributed by atoms with Gasteiger partial charge in [-0.25, -0.2) is 8.42 Å². The Morgan fingerprint density at radius 3 is 2.48 bits per heavy atom. The van der Waals surface area contributed by atoms with Crippen molar-refractivity contribution in [3.05, 3.63) is 59.7 Å². The van der Waals surface area contributed by atoms with Crippen LogP contribution in [-0.4, -0.2) is 51.5 Å². The van der Waals surface area contributed by atoms with Crippen molar-refractivity contribution in [1.82, 2.24) is 9.62 Å². The number of morpholine rings is 1. The maximum Gasteiger partial charge on any atom is 0.387 e. The SMILES string of the molecule is O=C(NCc1ccc(S(=O)(=O)N2CCOCC2)cc1)c1cccc(OC(F)F)c1. The van der Waals surface area contributed by atoms with Gasteiger partial charge in [0.25, 0.3) is 5.91 Å². The predicted molar refractivity (Wildman–Crippen MR) is 100 cm³/mol. The van der Waals surface area contributed by atoms with Gasteiger partial charge in [-0.2, -0.15) is 13.1 Å². The average Bonchev–Trinajstić information content (AvgIpc) is 2.72. The number of hydrogen-bond acceptors (Lipinski definition) is 5. The molecule has 1 aliphatic heterocycles. The van der Waals surface area contributed by atoms with Crippen LogP contribution in [0.25, 0.3) is 0 Å². The second kappa shape index (κ2) is 9.29. The first-order valence-electron chi connectivity index (χ1n) is 8.86. The van der Waals surface area contributed by atoms with Crippen LogP contribution in [0.1, 0.15) is 15.9 Å². The number of nitrogens with zero attached hydrogens (tertiary/aromatic N) is 1. The van der Waals surface area contributed by atoms with Gasteiger partial charge in [-0.1, -0.05) is 18.2 Å². The molecule has 0 unspecified atom stereocenters. The van der Waals surface area contributed by atoms with Gasteiger partial charge in [-0.15, -0.1) is 0 Å². The molecule has 7 nitrogen and oxygen atoms in total. The molecular formula is C19H20F2N2O5S. The highest BCUT2D eigenvalue weighted by atomic mass is 32.2. The zero-order chi connectivity index (χ0) is 20.9. The predicted octanol–water partition coefficient (Wildman–Crippen LogP) is 2.24. The number of amides is 1. The number of rotatable bonds is 7. The monoisotopic (exact) mass is 426 g/mol. The fraction of sp³-hybridized carbons (Fsp3) is 0.316. The van der Waals surface area contributed by atoms with Gasteiger partial charge in [0, 0.05) is 25.2 Å². The molecule has 2 aromatic rings. The van der Waals surface area contributed by atoms with E-state index in [1.165, 1.54) is 40.7 Å². The fourth-order valence-corrected chi connectivity index (χ4v) is 4.22. The van der Waals surface area contributed by atoms with Crippen LogP contribution in [0, 0.1) is 0 Å². The topological polar surface area (TPSA) is 84.9 Å². The molecule has 0 aliphatic carbocycles. The van der Waals surface area contributed by atoms with E-state index >= 15 is 0 Å². The van der Waals surface area contributed by atoms with E-state index in [1.807, 2.05) is 0 Å². The van der Waals surface area contributed by atoms with Crippen molar-refractivity contribution in [2.75, 3.05) is 26.3 Å². The molecule has 1 heterocycles. The molecule has 0 spiro atoms. The molecule has 1 fully saturated rings. The molecule has 0 saturated carbocycles. The first kappa shape index (κ1) is 21.2. The minimum absolute atomic E-state index is 0.106. The van der Waals surface area contributed by atoms with Crippen LogP contribution in [-0.2, 0) is 21.3 Å². The summed E-state index contributed by atoms with van der Waals surface area (Å²) in [5.74, 6) is -0.569. The minimum Gasteiger partial charge on any atom is -0.435 e. The Morgan fingerprint density at radius 1 is 1.14 bits per heavy atom. The molecule has 0 bridgehead atoms. The number of sulfonamides is 1. The Labute approximate surface area is 167 Å². The lowest BCUT2D eigenvalue weighted by Gasteiger charge is -2.26. The third-order valence-electron chi connectivity index (χ3n) is 4.31. The van der Waals surface area contributed by atoms with Crippen molar-refractivity contribution >= 4 is 15.9 Å². The summed E-state index contributed by atoms with van der Waals surface area (Å²) in [6.45, 7) is -1.46. The van der Waals surface area contributed by atoms with Gasteiger partial charge in [0.2, 0.25) is 10.0 Å². The Morgan fingerprint density at radius 2 is 1.83 bits per heavy atom. The van der Waals surface area contributed by atoms with E-state index in [-0.39, 0.29) is 22.8 Å².